The number of rotatable bonds is 6. The van der Waals surface area contributed by atoms with E-state index in [-0.39, 0.29) is 18.0 Å². The number of aliphatic hydroxyl groups is 2. The zero-order valence-electron chi connectivity index (χ0n) is 10.5. The van der Waals surface area contributed by atoms with E-state index in [1.807, 2.05) is 0 Å². The predicted octanol–water partition coefficient (Wildman–Crippen LogP) is 0.634. The molecule has 0 unspecified atom stereocenters. The SMILES string of the molecule is CC(C)S(=O)(=O)c1ccc(NC[C@H](O)CO)cc1. The molecule has 1 aromatic carbocycles. The lowest BCUT2D eigenvalue weighted by Gasteiger charge is -2.11. The maximum atomic E-state index is 11.9. The van der Waals surface area contributed by atoms with Crippen LogP contribution in [0.4, 0.5) is 5.69 Å². The number of aliphatic hydroxyl groups excluding tert-OH is 2. The Hall–Kier alpha value is -1.11. The first-order chi connectivity index (χ1) is 8.37. The van der Waals surface area contributed by atoms with Gasteiger partial charge < -0.3 is 15.5 Å². The van der Waals surface area contributed by atoms with Crippen molar-refractivity contribution >= 4 is 15.5 Å². The van der Waals surface area contributed by atoms with E-state index in [1.54, 1.807) is 26.0 Å². The molecule has 0 fully saturated rings. The van der Waals surface area contributed by atoms with Crippen LogP contribution in [0.15, 0.2) is 29.2 Å². The van der Waals surface area contributed by atoms with Gasteiger partial charge in [0.1, 0.15) is 0 Å². The first kappa shape index (κ1) is 14.9. The highest BCUT2D eigenvalue weighted by Gasteiger charge is 2.18. The highest BCUT2D eigenvalue weighted by Crippen LogP contribution is 2.18. The molecule has 0 aliphatic heterocycles. The molecule has 0 aromatic heterocycles. The average Bonchev–Trinajstić information content (AvgIpc) is 2.36. The summed E-state index contributed by atoms with van der Waals surface area (Å²) in [7, 11) is -3.25. The van der Waals surface area contributed by atoms with E-state index in [1.165, 1.54) is 12.1 Å². The smallest absolute Gasteiger partial charge is 0.180 e. The van der Waals surface area contributed by atoms with Crippen LogP contribution in [0.1, 0.15) is 13.8 Å². The molecular weight excluding hydrogens is 254 g/mol. The fourth-order valence-corrected chi connectivity index (χ4v) is 2.39. The minimum absolute atomic E-state index is 0.215. The summed E-state index contributed by atoms with van der Waals surface area (Å²) >= 11 is 0. The topological polar surface area (TPSA) is 86.6 Å². The average molecular weight is 273 g/mol. The fourth-order valence-electron chi connectivity index (χ4n) is 1.33. The minimum atomic E-state index is -3.25. The molecule has 5 nitrogen and oxygen atoms in total. The van der Waals surface area contributed by atoms with Gasteiger partial charge in [-0.3, -0.25) is 0 Å². The lowest BCUT2D eigenvalue weighted by molar-refractivity contribution is 0.105. The molecule has 0 amide bonds. The molecule has 0 spiro atoms. The van der Waals surface area contributed by atoms with Crippen molar-refractivity contribution in [1.29, 1.82) is 0 Å². The van der Waals surface area contributed by atoms with Crippen LogP contribution in [0, 0.1) is 0 Å². The van der Waals surface area contributed by atoms with Crippen molar-refractivity contribution in [2.45, 2.75) is 30.1 Å². The highest BCUT2D eigenvalue weighted by atomic mass is 32.2. The third-order valence-electron chi connectivity index (χ3n) is 2.56. The van der Waals surface area contributed by atoms with Gasteiger partial charge in [0.25, 0.3) is 0 Å². The van der Waals surface area contributed by atoms with Gasteiger partial charge in [0.05, 0.1) is 22.9 Å². The number of nitrogens with one attached hydrogen (secondary N) is 1. The summed E-state index contributed by atoms with van der Waals surface area (Å²) in [5.74, 6) is 0. The Morgan fingerprint density at radius 3 is 2.22 bits per heavy atom. The second kappa shape index (κ2) is 6.17. The summed E-state index contributed by atoms with van der Waals surface area (Å²) in [5, 5.41) is 20.3. The number of benzene rings is 1. The number of sulfone groups is 1. The fraction of sp³-hybridized carbons (Fsp3) is 0.500. The van der Waals surface area contributed by atoms with E-state index in [2.05, 4.69) is 5.32 Å². The quantitative estimate of drug-likeness (QED) is 0.708. The van der Waals surface area contributed by atoms with Crippen molar-refractivity contribution in [3.63, 3.8) is 0 Å². The number of hydrogen-bond donors (Lipinski definition) is 3. The van der Waals surface area contributed by atoms with E-state index in [0.29, 0.717) is 5.69 Å². The highest BCUT2D eigenvalue weighted by molar-refractivity contribution is 7.92. The molecule has 6 heteroatoms. The summed E-state index contributed by atoms with van der Waals surface area (Å²) in [5.41, 5.74) is 0.699. The Balaban J connectivity index is 2.75. The second-order valence-electron chi connectivity index (χ2n) is 4.34. The number of hydrogen-bond acceptors (Lipinski definition) is 5. The van der Waals surface area contributed by atoms with Crippen LogP contribution in [-0.2, 0) is 9.84 Å². The van der Waals surface area contributed by atoms with E-state index < -0.39 is 21.2 Å². The van der Waals surface area contributed by atoms with Gasteiger partial charge in [-0.25, -0.2) is 8.42 Å². The number of anilines is 1. The summed E-state index contributed by atoms with van der Waals surface area (Å²) in [6.45, 7) is 3.18. The van der Waals surface area contributed by atoms with Gasteiger partial charge in [0, 0.05) is 12.2 Å². The summed E-state index contributed by atoms with van der Waals surface area (Å²) < 4.78 is 23.7. The van der Waals surface area contributed by atoms with Crippen LogP contribution in [0.5, 0.6) is 0 Å². The van der Waals surface area contributed by atoms with Crippen LogP contribution >= 0.6 is 0 Å². The van der Waals surface area contributed by atoms with E-state index in [9.17, 15) is 8.42 Å². The van der Waals surface area contributed by atoms with E-state index in [4.69, 9.17) is 10.2 Å². The van der Waals surface area contributed by atoms with Gasteiger partial charge in [-0.05, 0) is 38.1 Å². The molecular formula is C12H19NO4S. The molecule has 18 heavy (non-hydrogen) atoms. The summed E-state index contributed by atoms with van der Waals surface area (Å²) in [4.78, 5) is 0.283. The van der Waals surface area contributed by atoms with Crippen LogP contribution in [-0.4, -0.2) is 43.1 Å². The molecule has 1 aromatic rings. The van der Waals surface area contributed by atoms with Gasteiger partial charge in [-0.1, -0.05) is 0 Å². The van der Waals surface area contributed by atoms with Crippen molar-refractivity contribution in [3.8, 4) is 0 Å². The van der Waals surface area contributed by atoms with Crippen LogP contribution in [0.2, 0.25) is 0 Å². The van der Waals surface area contributed by atoms with Crippen molar-refractivity contribution in [2.24, 2.45) is 0 Å². The molecule has 0 heterocycles. The monoisotopic (exact) mass is 273 g/mol. The minimum Gasteiger partial charge on any atom is -0.394 e. The Kier molecular flexibility index (Phi) is 5.13. The molecule has 3 N–H and O–H groups in total. The van der Waals surface area contributed by atoms with Crippen molar-refractivity contribution < 1.29 is 18.6 Å². The van der Waals surface area contributed by atoms with Gasteiger partial charge >= 0.3 is 0 Å². The molecule has 1 atom stereocenters. The first-order valence-corrected chi connectivity index (χ1v) is 7.29. The van der Waals surface area contributed by atoms with Gasteiger partial charge in [0.15, 0.2) is 9.84 Å². The van der Waals surface area contributed by atoms with Gasteiger partial charge in [0.2, 0.25) is 0 Å². The van der Waals surface area contributed by atoms with Crippen LogP contribution < -0.4 is 5.32 Å². The summed E-state index contributed by atoms with van der Waals surface area (Å²) in [6.07, 6.45) is -0.830. The normalized spacial score (nSPS) is 13.6. The maximum absolute atomic E-state index is 11.9. The van der Waals surface area contributed by atoms with E-state index >= 15 is 0 Å². The zero-order chi connectivity index (χ0) is 13.8. The largest absolute Gasteiger partial charge is 0.394 e. The Labute approximate surface area is 107 Å². The lowest BCUT2D eigenvalue weighted by Crippen LogP contribution is -2.22. The molecule has 0 radical (unpaired) electrons. The van der Waals surface area contributed by atoms with Crippen LogP contribution in [0.25, 0.3) is 0 Å². The third-order valence-corrected chi connectivity index (χ3v) is 4.73. The zero-order valence-corrected chi connectivity index (χ0v) is 11.3. The van der Waals surface area contributed by atoms with Gasteiger partial charge in [-0.2, -0.15) is 0 Å². The van der Waals surface area contributed by atoms with Crippen LogP contribution in [0.3, 0.4) is 0 Å². The Morgan fingerprint density at radius 2 is 1.78 bits per heavy atom. The second-order valence-corrected chi connectivity index (χ2v) is 6.84. The first-order valence-electron chi connectivity index (χ1n) is 5.74. The van der Waals surface area contributed by atoms with E-state index in [0.717, 1.165) is 0 Å². The molecule has 0 aliphatic rings. The molecule has 0 saturated carbocycles. The Morgan fingerprint density at radius 1 is 1.22 bits per heavy atom. The molecule has 0 aliphatic carbocycles. The van der Waals surface area contributed by atoms with Gasteiger partial charge in [-0.15, -0.1) is 0 Å². The maximum Gasteiger partial charge on any atom is 0.180 e. The Bertz CT molecular complexity index is 467. The molecule has 0 saturated heterocycles. The predicted molar refractivity (Wildman–Crippen MR) is 70.3 cm³/mol. The molecule has 0 bridgehead atoms. The molecule has 1 rings (SSSR count). The molecule has 102 valence electrons. The van der Waals surface area contributed by atoms with Crippen molar-refractivity contribution in [2.75, 3.05) is 18.5 Å². The lowest BCUT2D eigenvalue weighted by atomic mass is 10.3. The standard InChI is InChI=1S/C12H19NO4S/c1-9(2)18(16,17)12-5-3-10(4-6-12)13-7-11(15)8-14/h3-6,9,11,13-15H,7-8H2,1-2H3/t11-/m0/s1. The summed E-state index contributed by atoms with van der Waals surface area (Å²) in [6, 6.07) is 6.34. The van der Waals surface area contributed by atoms with Crippen molar-refractivity contribution in [3.05, 3.63) is 24.3 Å². The van der Waals surface area contributed by atoms with Crippen molar-refractivity contribution in [1.82, 2.24) is 0 Å². The third kappa shape index (κ3) is 3.69.